The average molecular weight is 339 g/mol. The first-order chi connectivity index (χ1) is 12.1. The van der Waals surface area contributed by atoms with Crippen LogP contribution in [0.5, 0.6) is 5.75 Å². The number of carbonyl (C=O) groups is 1. The zero-order valence-electron chi connectivity index (χ0n) is 15.1. The van der Waals surface area contributed by atoms with Gasteiger partial charge in [-0.15, -0.1) is 0 Å². The molecule has 1 aromatic carbocycles. The van der Waals surface area contributed by atoms with Gasteiger partial charge in [0.15, 0.2) is 5.78 Å². The number of anilines is 1. The third kappa shape index (κ3) is 3.98. The molecule has 0 spiro atoms. The third-order valence-corrected chi connectivity index (χ3v) is 4.74. The van der Waals surface area contributed by atoms with E-state index in [1.165, 1.54) is 0 Å². The van der Waals surface area contributed by atoms with E-state index in [0.717, 1.165) is 42.2 Å². The van der Waals surface area contributed by atoms with Crippen LogP contribution in [0.15, 0.2) is 36.7 Å². The minimum Gasteiger partial charge on any atom is -0.497 e. The van der Waals surface area contributed by atoms with Crippen LogP contribution in [-0.4, -0.2) is 36.0 Å². The molecule has 1 aliphatic heterocycles. The Morgan fingerprint density at radius 2 is 2.12 bits per heavy atom. The van der Waals surface area contributed by atoms with Crippen LogP contribution in [0, 0.1) is 5.92 Å². The van der Waals surface area contributed by atoms with Crippen LogP contribution in [0.3, 0.4) is 0 Å². The quantitative estimate of drug-likeness (QED) is 0.777. The Bertz CT molecular complexity index is 745. The molecule has 0 N–H and O–H groups in total. The summed E-state index contributed by atoms with van der Waals surface area (Å²) in [5.74, 6) is 2.17. The standard InChI is InChI=1S/C20H25N3O2/c1-14(2)18-11-19(22-13-21-18)23-9-5-7-16(12-23)20(24)15-6-4-8-17(10-15)25-3/h4,6,8,10-11,13-14,16H,5,7,9,12H2,1-3H3/t16-/m1/s1. The normalized spacial score (nSPS) is 17.6. The van der Waals surface area contributed by atoms with Crippen LogP contribution in [0.4, 0.5) is 5.82 Å². The van der Waals surface area contributed by atoms with E-state index in [4.69, 9.17) is 4.74 Å². The fraction of sp³-hybridized carbons (Fsp3) is 0.450. The molecule has 2 aromatic rings. The summed E-state index contributed by atoms with van der Waals surface area (Å²) in [4.78, 5) is 23.9. The first kappa shape index (κ1) is 17.4. The summed E-state index contributed by atoms with van der Waals surface area (Å²) >= 11 is 0. The molecule has 3 rings (SSSR count). The molecule has 1 aliphatic rings. The van der Waals surface area contributed by atoms with Gasteiger partial charge in [-0.25, -0.2) is 9.97 Å². The Kier molecular flexibility index (Phi) is 5.31. The maximum atomic E-state index is 12.9. The predicted octanol–water partition coefficient (Wildman–Crippen LogP) is 3.71. The topological polar surface area (TPSA) is 55.3 Å². The zero-order valence-corrected chi connectivity index (χ0v) is 15.1. The second-order valence-corrected chi connectivity index (χ2v) is 6.84. The number of nitrogens with zero attached hydrogens (tertiary/aromatic N) is 3. The Hall–Kier alpha value is -2.43. The monoisotopic (exact) mass is 339 g/mol. The van der Waals surface area contributed by atoms with E-state index in [-0.39, 0.29) is 11.7 Å². The average Bonchev–Trinajstić information content (AvgIpc) is 2.67. The molecule has 25 heavy (non-hydrogen) atoms. The molecular weight excluding hydrogens is 314 g/mol. The number of methoxy groups -OCH3 is 1. The van der Waals surface area contributed by atoms with Crippen LogP contribution < -0.4 is 9.64 Å². The lowest BCUT2D eigenvalue weighted by molar-refractivity contribution is 0.0906. The highest BCUT2D eigenvalue weighted by molar-refractivity contribution is 5.98. The summed E-state index contributed by atoms with van der Waals surface area (Å²) < 4.78 is 5.24. The first-order valence-electron chi connectivity index (χ1n) is 8.83. The number of Topliss-reactive ketones (excluding diaryl/α,β-unsaturated/α-hetero) is 1. The van der Waals surface area contributed by atoms with Gasteiger partial charge in [-0.3, -0.25) is 4.79 Å². The number of ketones is 1. The van der Waals surface area contributed by atoms with Gasteiger partial charge in [-0.1, -0.05) is 26.0 Å². The highest BCUT2D eigenvalue weighted by Gasteiger charge is 2.27. The van der Waals surface area contributed by atoms with Crippen LogP contribution in [0.2, 0.25) is 0 Å². The number of hydrogen-bond donors (Lipinski definition) is 0. The summed E-state index contributed by atoms with van der Waals surface area (Å²) in [6.07, 6.45) is 3.52. The number of rotatable bonds is 5. The van der Waals surface area contributed by atoms with E-state index in [0.29, 0.717) is 12.5 Å². The van der Waals surface area contributed by atoms with Gasteiger partial charge in [0, 0.05) is 36.3 Å². The molecule has 0 bridgehead atoms. The van der Waals surface area contributed by atoms with Crippen LogP contribution in [0.1, 0.15) is 48.7 Å². The van der Waals surface area contributed by atoms with Crippen molar-refractivity contribution in [3.05, 3.63) is 47.9 Å². The molecule has 5 nitrogen and oxygen atoms in total. The SMILES string of the molecule is COc1cccc(C(=O)[C@@H]2CCCN(c3cc(C(C)C)ncn3)C2)c1. The molecule has 1 aromatic heterocycles. The fourth-order valence-electron chi connectivity index (χ4n) is 3.26. The van der Waals surface area contributed by atoms with Crippen molar-refractivity contribution in [2.45, 2.75) is 32.6 Å². The van der Waals surface area contributed by atoms with Gasteiger partial charge in [-0.05, 0) is 30.9 Å². The molecule has 0 unspecified atom stereocenters. The van der Waals surface area contributed by atoms with Crippen molar-refractivity contribution < 1.29 is 9.53 Å². The summed E-state index contributed by atoms with van der Waals surface area (Å²) in [7, 11) is 1.62. The summed E-state index contributed by atoms with van der Waals surface area (Å²) in [5, 5.41) is 0. The molecule has 0 amide bonds. The third-order valence-electron chi connectivity index (χ3n) is 4.74. The molecule has 0 saturated carbocycles. The maximum Gasteiger partial charge on any atom is 0.167 e. The maximum absolute atomic E-state index is 12.9. The number of carbonyl (C=O) groups excluding carboxylic acids is 1. The summed E-state index contributed by atoms with van der Waals surface area (Å²) in [5.41, 5.74) is 1.75. The number of piperidine rings is 1. The van der Waals surface area contributed by atoms with Crippen molar-refractivity contribution in [2.75, 3.05) is 25.1 Å². The molecule has 2 heterocycles. The number of benzene rings is 1. The Labute approximate surface area is 149 Å². The minimum atomic E-state index is -0.0154. The number of aromatic nitrogens is 2. The van der Waals surface area contributed by atoms with Gasteiger partial charge in [0.25, 0.3) is 0 Å². The number of ether oxygens (including phenoxy) is 1. The van der Waals surface area contributed by atoms with E-state index < -0.39 is 0 Å². The van der Waals surface area contributed by atoms with Crippen molar-refractivity contribution in [2.24, 2.45) is 5.92 Å². The van der Waals surface area contributed by atoms with Gasteiger partial charge in [0.05, 0.1) is 7.11 Å². The summed E-state index contributed by atoms with van der Waals surface area (Å²) in [6.45, 7) is 5.87. The Morgan fingerprint density at radius 1 is 1.28 bits per heavy atom. The smallest absolute Gasteiger partial charge is 0.167 e. The highest BCUT2D eigenvalue weighted by Crippen LogP contribution is 2.26. The van der Waals surface area contributed by atoms with Crippen LogP contribution >= 0.6 is 0 Å². The van der Waals surface area contributed by atoms with E-state index in [9.17, 15) is 4.79 Å². The lowest BCUT2D eigenvalue weighted by atomic mass is 9.90. The summed E-state index contributed by atoms with van der Waals surface area (Å²) in [6, 6.07) is 9.46. The van der Waals surface area contributed by atoms with Crippen molar-refractivity contribution in [3.63, 3.8) is 0 Å². The van der Waals surface area contributed by atoms with Crippen LogP contribution in [-0.2, 0) is 0 Å². The van der Waals surface area contributed by atoms with Gasteiger partial charge in [0.1, 0.15) is 17.9 Å². The second-order valence-electron chi connectivity index (χ2n) is 6.84. The molecule has 1 saturated heterocycles. The van der Waals surface area contributed by atoms with E-state index in [1.54, 1.807) is 13.4 Å². The van der Waals surface area contributed by atoms with E-state index in [1.807, 2.05) is 30.3 Å². The fourth-order valence-corrected chi connectivity index (χ4v) is 3.26. The molecule has 0 aliphatic carbocycles. The molecule has 1 atom stereocenters. The molecular formula is C20H25N3O2. The lowest BCUT2D eigenvalue weighted by Crippen LogP contribution is -2.39. The largest absolute Gasteiger partial charge is 0.497 e. The van der Waals surface area contributed by atoms with Gasteiger partial charge >= 0.3 is 0 Å². The predicted molar refractivity (Wildman–Crippen MR) is 98.4 cm³/mol. The minimum absolute atomic E-state index is 0.0154. The molecule has 1 fully saturated rings. The highest BCUT2D eigenvalue weighted by atomic mass is 16.5. The lowest BCUT2D eigenvalue weighted by Gasteiger charge is -2.33. The van der Waals surface area contributed by atoms with Crippen molar-refractivity contribution in [1.29, 1.82) is 0 Å². The molecule has 5 heteroatoms. The van der Waals surface area contributed by atoms with E-state index in [2.05, 4.69) is 28.7 Å². The second kappa shape index (κ2) is 7.64. The van der Waals surface area contributed by atoms with E-state index >= 15 is 0 Å². The Morgan fingerprint density at radius 3 is 2.88 bits per heavy atom. The van der Waals surface area contributed by atoms with Gasteiger partial charge in [-0.2, -0.15) is 0 Å². The van der Waals surface area contributed by atoms with Crippen molar-refractivity contribution in [3.8, 4) is 5.75 Å². The first-order valence-corrected chi connectivity index (χ1v) is 8.83. The van der Waals surface area contributed by atoms with Crippen molar-refractivity contribution in [1.82, 2.24) is 9.97 Å². The molecule has 0 radical (unpaired) electrons. The Balaban J connectivity index is 1.76. The van der Waals surface area contributed by atoms with Gasteiger partial charge < -0.3 is 9.64 Å². The van der Waals surface area contributed by atoms with Crippen molar-refractivity contribution >= 4 is 11.6 Å². The van der Waals surface area contributed by atoms with Gasteiger partial charge in [0.2, 0.25) is 0 Å². The van der Waals surface area contributed by atoms with Crippen LogP contribution in [0.25, 0.3) is 0 Å². The molecule has 132 valence electrons. The zero-order chi connectivity index (χ0) is 17.8. The number of hydrogen-bond acceptors (Lipinski definition) is 5.